The van der Waals surface area contributed by atoms with Crippen LogP contribution < -0.4 is 10.5 Å². The molecule has 2 aromatic rings. The van der Waals surface area contributed by atoms with E-state index in [0.29, 0.717) is 8.95 Å². The Labute approximate surface area is 146 Å². The summed E-state index contributed by atoms with van der Waals surface area (Å²) in [7, 11) is -3.68. The van der Waals surface area contributed by atoms with Crippen LogP contribution in [-0.4, -0.2) is 8.42 Å². The van der Waals surface area contributed by atoms with E-state index in [9.17, 15) is 8.42 Å². The van der Waals surface area contributed by atoms with Crippen molar-refractivity contribution in [2.24, 2.45) is 0 Å². The lowest BCUT2D eigenvalue weighted by Crippen LogP contribution is -2.24. The number of benzene rings is 1. The molecule has 0 aliphatic rings. The summed E-state index contributed by atoms with van der Waals surface area (Å²) in [5.74, 6) is 0. The minimum Gasteiger partial charge on any atom is -0.398 e. The maximum Gasteiger partial charge on any atom is 0.244 e. The molecule has 4 nitrogen and oxygen atoms in total. The van der Waals surface area contributed by atoms with Crippen molar-refractivity contribution in [1.29, 1.82) is 0 Å². The number of nitrogens with two attached hydrogens (primary N) is 1. The van der Waals surface area contributed by atoms with Crippen LogP contribution in [0.2, 0.25) is 0 Å². The van der Waals surface area contributed by atoms with Crippen molar-refractivity contribution in [3.63, 3.8) is 0 Å². The van der Waals surface area contributed by atoms with Gasteiger partial charge in [0.1, 0.15) is 4.90 Å². The van der Waals surface area contributed by atoms with E-state index in [1.807, 2.05) is 12.1 Å². The van der Waals surface area contributed by atoms with E-state index >= 15 is 0 Å². The molecule has 0 aliphatic carbocycles. The lowest BCUT2D eigenvalue weighted by Gasteiger charge is -2.11. The van der Waals surface area contributed by atoms with Crippen LogP contribution in [0.15, 0.2) is 41.9 Å². The summed E-state index contributed by atoms with van der Waals surface area (Å²) in [4.78, 5) is 0.962. The third-order valence-electron chi connectivity index (χ3n) is 2.37. The molecule has 0 unspecified atom stereocenters. The summed E-state index contributed by atoms with van der Waals surface area (Å²) in [6, 6.07) is 6.93. The summed E-state index contributed by atoms with van der Waals surface area (Å²) in [5, 5.41) is 0. The van der Waals surface area contributed by atoms with Gasteiger partial charge in [0.25, 0.3) is 0 Å². The number of hydrogen-bond acceptors (Lipinski definition) is 4. The molecule has 3 N–H and O–H groups in total. The Kier molecular flexibility index (Phi) is 5.30. The second-order valence-electron chi connectivity index (χ2n) is 3.84. The predicted octanol–water partition coefficient (Wildman–Crippen LogP) is 4.10. The van der Waals surface area contributed by atoms with E-state index in [2.05, 4.69) is 52.5 Å². The third kappa shape index (κ3) is 3.83. The van der Waals surface area contributed by atoms with E-state index in [1.54, 1.807) is 12.1 Å². The first kappa shape index (κ1) is 16.4. The predicted molar refractivity (Wildman–Crippen MR) is 92.3 cm³/mol. The van der Waals surface area contributed by atoms with Gasteiger partial charge in [-0.05, 0) is 56.1 Å². The van der Waals surface area contributed by atoms with Gasteiger partial charge in [0.2, 0.25) is 10.0 Å². The molecule has 2 rings (SSSR count). The van der Waals surface area contributed by atoms with Crippen molar-refractivity contribution >= 4 is 74.8 Å². The van der Waals surface area contributed by atoms with E-state index in [1.165, 1.54) is 11.3 Å². The molecule has 0 aliphatic heterocycles. The van der Waals surface area contributed by atoms with Crippen LogP contribution in [0.3, 0.4) is 0 Å². The number of hydrogen-bond donors (Lipinski definition) is 2. The van der Waals surface area contributed by atoms with Crippen LogP contribution in [-0.2, 0) is 16.6 Å². The molecule has 0 saturated heterocycles. The largest absolute Gasteiger partial charge is 0.398 e. The van der Waals surface area contributed by atoms with Gasteiger partial charge in [-0.2, -0.15) is 0 Å². The minimum absolute atomic E-state index is 0.0521. The van der Waals surface area contributed by atoms with Gasteiger partial charge in [-0.15, -0.1) is 11.3 Å². The molecule has 0 bridgehead atoms. The quantitative estimate of drug-likeness (QED) is 0.616. The molecule has 0 spiro atoms. The van der Waals surface area contributed by atoms with Crippen molar-refractivity contribution in [2.75, 3.05) is 5.73 Å². The molecule has 0 amide bonds. The number of sulfonamides is 1. The van der Waals surface area contributed by atoms with Crippen LogP contribution in [0.4, 0.5) is 5.69 Å². The number of anilines is 1. The topological polar surface area (TPSA) is 72.2 Å². The normalized spacial score (nSPS) is 11.8. The van der Waals surface area contributed by atoms with Crippen LogP contribution in [0.5, 0.6) is 0 Å². The average molecular weight is 505 g/mol. The second kappa shape index (κ2) is 6.45. The van der Waals surface area contributed by atoms with E-state index in [-0.39, 0.29) is 17.1 Å². The van der Waals surface area contributed by atoms with Gasteiger partial charge < -0.3 is 5.73 Å². The molecule has 0 saturated carbocycles. The standard InChI is InChI=1S/C11H9Br3N2O2S2/c12-6-3-8(13)11(9(15)4-6)20(17,18)16-5-7-1-2-10(14)19-7/h1-4,16H,5,15H2. The number of halogens is 3. The van der Waals surface area contributed by atoms with Crippen molar-refractivity contribution in [1.82, 2.24) is 4.72 Å². The Morgan fingerprint density at radius 2 is 1.90 bits per heavy atom. The van der Waals surface area contributed by atoms with Crippen LogP contribution in [0.1, 0.15) is 4.88 Å². The Morgan fingerprint density at radius 1 is 1.20 bits per heavy atom. The minimum atomic E-state index is -3.68. The first-order chi connectivity index (χ1) is 9.29. The highest BCUT2D eigenvalue weighted by molar-refractivity contribution is 9.11. The van der Waals surface area contributed by atoms with Crippen molar-refractivity contribution in [2.45, 2.75) is 11.4 Å². The average Bonchev–Trinajstić information content (AvgIpc) is 2.71. The molecule has 1 aromatic heterocycles. The fourth-order valence-corrected chi connectivity index (χ4v) is 6.14. The summed E-state index contributed by atoms with van der Waals surface area (Å²) >= 11 is 11.3. The highest BCUT2D eigenvalue weighted by Gasteiger charge is 2.21. The Balaban J connectivity index is 2.27. The molecule has 1 heterocycles. The zero-order valence-corrected chi connectivity index (χ0v) is 16.3. The smallest absolute Gasteiger partial charge is 0.244 e. The third-order valence-corrected chi connectivity index (χ3v) is 6.86. The van der Waals surface area contributed by atoms with E-state index in [4.69, 9.17) is 5.73 Å². The van der Waals surface area contributed by atoms with Gasteiger partial charge in [-0.3, -0.25) is 0 Å². The van der Waals surface area contributed by atoms with Crippen molar-refractivity contribution < 1.29 is 8.42 Å². The Hall–Kier alpha value is 0.0700. The van der Waals surface area contributed by atoms with Crippen molar-refractivity contribution in [3.05, 3.63) is 41.9 Å². The first-order valence-electron chi connectivity index (χ1n) is 5.28. The fraction of sp³-hybridized carbons (Fsp3) is 0.0909. The number of nitrogen functional groups attached to an aromatic ring is 1. The lowest BCUT2D eigenvalue weighted by atomic mass is 10.3. The number of rotatable bonds is 4. The molecule has 1 aromatic carbocycles. The van der Waals surface area contributed by atoms with Crippen molar-refractivity contribution in [3.8, 4) is 0 Å². The molecule has 0 atom stereocenters. The molecule has 0 radical (unpaired) electrons. The van der Waals surface area contributed by atoms with Gasteiger partial charge in [-0.1, -0.05) is 15.9 Å². The molecular weight excluding hydrogens is 496 g/mol. The number of nitrogens with one attached hydrogen (secondary N) is 1. The number of thiophene rings is 1. The highest BCUT2D eigenvalue weighted by Crippen LogP contribution is 2.31. The maximum atomic E-state index is 12.3. The summed E-state index contributed by atoms with van der Waals surface area (Å²) < 4.78 is 29.3. The SMILES string of the molecule is Nc1cc(Br)cc(Br)c1S(=O)(=O)NCc1ccc(Br)s1. The maximum absolute atomic E-state index is 12.3. The zero-order valence-electron chi connectivity index (χ0n) is 9.86. The summed E-state index contributed by atoms with van der Waals surface area (Å²) in [5.41, 5.74) is 5.98. The van der Waals surface area contributed by atoms with Gasteiger partial charge in [0, 0.05) is 20.4 Å². The Bertz CT molecular complexity index is 721. The molecule has 9 heteroatoms. The van der Waals surface area contributed by atoms with Gasteiger partial charge >= 0.3 is 0 Å². The summed E-state index contributed by atoms with van der Waals surface area (Å²) in [6.07, 6.45) is 0. The highest BCUT2D eigenvalue weighted by atomic mass is 79.9. The van der Waals surface area contributed by atoms with E-state index in [0.717, 1.165) is 8.66 Å². The van der Waals surface area contributed by atoms with E-state index < -0.39 is 10.0 Å². The van der Waals surface area contributed by atoms with Gasteiger partial charge in [-0.25, -0.2) is 13.1 Å². The fourth-order valence-electron chi connectivity index (χ4n) is 1.55. The van der Waals surface area contributed by atoms with Crippen LogP contribution in [0.25, 0.3) is 0 Å². The van der Waals surface area contributed by atoms with Crippen LogP contribution >= 0.6 is 59.1 Å². The van der Waals surface area contributed by atoms with Crippen LogP contribution in [0, 0.1) is 0 Å². The first-order valence-corrected chi connectivity index (χ1v) is 9.96. The summed E-state index contributed by atoms with van der Waals surface area (Å²) in [6.45, 7) is 0.223. The monoisotopic (exact) mass is 502 g/mol. The Morgan fingerprint density at radius 3 is 2.45 bits per heavy atom. The zero-order chi connectivity index (χ0) is 14.9. The molecule has 0 fully saturated rings. The lowest BCUT2D eigenvalue weighted by molar-refractivity contribution is 0.581. The van der Waals surface area contributed by atoms with Gasteiger partial charge in [0.15, 0.2) is 0 Å². The molecule has 108 valence electrons. The molecular formula is C11H9Br3N2O2S2. The second-order valence-corrected chi connectivity index (χ2v) is 9.86. The van der Waals surface area contributed by atoms with Gasteiger partial charge in [0.05, 0.1) is 9.47 Å². The molecule has 20 heavy (non-hydrogen) atoms.